The van der Waals surface area contributed by atoms with E-state index in [0.29, 0.717) is 40.6 Å². The lowest BCUT2D eigenvalue weighted by atomic mass is 9.44. The molecule has 37 heavy (non-hydrogen) atoms. The highest BCUT2D eigenvalue weighted by Gasteiger charge is 2.69. The van der Waals surface area contributed by atoms with Crippen molar-refractivity contribution in [2.75, 3.05) is 6.61 Å². The van der Waals surface area contributed by atoms with Gasteiger partial charge in [-0.25, -0.2) is 0 Å². The van der Waals surface area contributed by atoms with Gasteiger partial charge in [-0.15, -0.1) is 0 Å². The van der Waals surface area contributed by atoms with Crippen LogP contribution < -0.4 is 5.73 Å². The molecule has 0 radical (unpaired) electrons. The zero-order valence-electron chi connectivity index (χ0n) is 24.3. The Kier molecular flexibility index (Phi) is 6.60. The van der Waals surface area contributed by atoms with Crippen molar-refractivity contribution in [2.24, 2.45) is 63.9 Å². The van der Waals surface area contributed by atoms with Crippen LogP contribution in [-0.4, -0.2) is 36.6 Å². The first-order chi connectivity index (χ1) is 17.5. The van der Waals surface area contributed by atoms with Crippen LogP contribution in [0.5, 0.6) is 0 Å². The number of fused-ring (bicyclic) bond motifs is 7. The third kappa shape index (κ3) is 3.98. The molecule has 210 valence electrons. The summed E-state index contributed by atoms with van der Waals surface area (Å²) >= 11 is 0. The fourth-order valence-corrected chi connectivity index (χ4v) is 10.9. The minimum absolute atomic E-state index is 0.0512. The van der Waals surface area contributed by atoms with Crippen LogP contribution >= 0.6 is 0 Å². The van der Waals surface area contributed by atoms with Crippen LogP contribution in [0.2, 0.25) is 0 Å². The van der Waals surface area contributed by atoms with Crippen molar-refractivity contribution in [3.8, 4) is 0 Å². The second-order valence-electron chi connectivity index (χ2n) is 15.3. The van der Waals surface area contributed by atoms with E-state index in [1.165, 1.54) is 44.9 Å². The Hall–Kier alpha value is -0.650. The number of esters is 1. The molecule has 6 rings (SSSR count). The summed E-state index contributed by atoms with van der Waals surface area (Å²) in [6, 6.07) is -0.506. The lowest BCUT2D eigenvalue weighted by Gasteiger charge is -2.61. The van der Waals surface area contributed by atoms with Crippen molar-refractivity contribution in [3.63, 3.8) is 0 Å². The highest BCUT2D eigenvalue weighted by Crippen LogP contribution is 2.71. The van der Waals surface area contributed by atoms with Crippen molar-refractivity contribution in [2.45, 2.75) is 130 Å². The first-order valence-corrected chi connectivity index (χ1v) is 15.8. The van der Waals surface area contributed by atoms with Gasteiger partial charge in [-0.3, -0.25) is 4.79 Å². The molecule has 6 aliphatic rings. The van der Waals surface area contributed by atoms with Crippen LogP contribution in [-0.2, 0) is 19.0 Å². The standard InChI is InChI=1S/C32H53NO4/c1-18(2)28(33)29(34)36-22-10-12-30(5)21(15-22)7-8-23-24(30)11-13-31(6)25(23)16-26-27(31)20(4)32(37-26)14-9-19(3)17-35-32/h18-28H,7-17,33H2,1-6H3/t19-,20?,21?,22+,23?,24?,25?,26?,27?,28?,30+,31+,32-/m1/s1. The van der Waals surface area contributed by atoms with Crippen LogP contribution in [0.1, 0.15) is 106 Å². The van der Waals surface area contributed by atoms with Gasteiger partial charge in [0.2, 0.25) is 0 Å². The van der Waals surface area contributed by atoms with E-state index in [9.17, 15) is 4.79 Å². The summed E-state index contributed by atoms with van der Waals surface area (Å²) in [5, 5.41) is 0. The van der Waals surface area contributed by atoms with Crippen LogP contribution in [0.15, 0.2) is 0 Å². The number of rotatable bonds is 3. The molecular weight excluding hydrogens is 462 g/mol. The minimum Gasteiger partial charge on any atom is -0.461 e. The van der Waals surface area contributed by atoms with Crippen LogP contribution in [0, 0.1) is 58.2 Å². The highest BCUT2D eigenvalue weighted by molar-refractivity contribution is 5.75. The zero-order chi connectivity index (χ0) is 26.3. The average molecular weight is 516 g/mol. The Bertz CT molecular complexity index is 882. The number of ether oxygens (including phenoxy) is 3. The molecule has 0 aromatic rings. The summed E-state index contributed by atoms with van der Waals surface area (Å²) in [6.45, 7) is 14.8. The number of nitrogens with two attached hydrogens (primary N) is 1. The SMILES string of the molecule is CC(C)C(N)C(=O)O[C@H]1CC[C@@]2(C)C(CCC3C2CC[C@@]2(C)C3CC3O[C@]4(CC[C@@H](C)CO4)C(C)C32)C1. The molecule has 6 fully saturated rings. The van der Waals surface area contributed by atoms with E-state index < -0.39 is 6.04 Å². The summed E-state index contributed by atoms with van der Waals surface area (Å²) in [6.07, 6.45) is 12.5. The van der Waals surface area contributed by atoms with Crippen molar-refractivity contribution < 1.29 is 19.0 Å². The van der Waals surface area contributed by atoms with E-state index in [1.54, 1.807) is 0 Å². The summed E-state index contributed by atoms with van der Waals surface area (Å²) in [7, 11) is 0. The molecule has 0 amide bonds. The molecule has 5 heteroatoms. The molecule has 13 atom stereocenters. The fourth-order valence-electron chi connectivity index (χ4n) is 10.9. The Morgan fingerprint density at radius 1 is 0.946 bits per heavy atom. The van der Waals surface area contributed by atoms with E-state index in [0.717, 1.165) is 43.6 Å². The van der Waals surface area contributed by atoms with Gasteiger partial charge in [0.05, 0.1) is 12.7 Å². The summed E-state index contributed by atoms with van der Waals surface area (Å²) in [5.74, 6) is 4.44. The molecular formula is C32H53NO4. The number of hydrogen-bond donors (Lipinski definition) is 1. The topological polar surface area (TPSA) is 70.8 Å². The van der Waals surface area contributed by atoms with Crippen molar-refractivity contribution in [1.82, 2.24) is 0 Å². The molecule has 0 aromatic carbocycles. The third-order valence-electron chi connectivity index (χ3n) is 13.2. The normalized spacial score (nSPS) is 53.8. The molecule has 2 aliphatic heterocycles. The third-order valence-corrected chi connectivity index (χ3v) is 13.2. The number of carbonyl (C=O) groups excluding carboxylic acids is 1. The molecule has 0 aromatic heterocycles. The predicted molar refractivity (Wildman–Crippen MR) is 144 cm³/mol. The second kappa shape index (κ2) is 9.20. The molecule has 5 nitrogen and oxygen atoms in total. The first kappa shape index (κ1) is 26.6. The second-order valence-corrected chi connectivity index (χ2v) is 15.3. The fraction of sp³-hybridized carbons (Fsp3) is 0.969. The van der Waals surface area contributed by atoms with E-state index in [1.807, 2.05) is 13.8 Å². The monoisotopic (exact) mass is 515 g/mol. The Morgan fingerprint density at radius 3 is 2.41 bits per heavy atom. The molecule has 2 N–H and O–H groups in total. The minimum atomic E-state index is -0.506. The molecule has 2 saturated heterocycles. The Morgan fingerprint density at radius 2 is 1.70 bits per heavy atom. The Balaban J connectivity index is 1.15. The van der Waals surface area contributed by atoms with Crippen molar-refractivity contribution in [3.05, 3.63) is 0 Å². The molecule has 8 unspecified atom stereocenters. The van der Waals surface area contributed by atoms with Crippen LogP contribution in [0.3, 0.4) is 0 Å². The van der Waals surface area contributed by atoms with Gasteiger partial charge in [0.15, 0.2) is 5.79 Å². The lowest BCUT2D eigenvalue weighted by molar-refractivity contribution is -0.273. The predicted octanol–water partition coefficient (Wildman–Crippen LogP) is 6.33. The molecule has 1 spiro atoms. The molecule has 2 heterocycles. The average Bonchev–Trinajstić information content (AvgIpc) is 3.30. The maximum absolute atomic E-state index is 12.6. The van der Waals surface area contributed by atoms with Gasteiger partial charge in [0.1, 0.15) is 12.1 Å². The first-order valence-electron chi connectivity index (χ1n) is 15.8. The van der Waals surface area contributed by atoms with Crippen molar-refractivity contribution in [1.29, 1.82) is 0 Å². The quantitative estimate of drug-likeness (QED) is 0.445. The van der Waals surface area contributed by atoms with E-state index >= 15 is 0 Å². The van der Waals surface area contributed by atoms with Gasteiger partial charge in [-0.1, -0.05) is 41.5 Å². The highest BCUT2D eigenvalue weighted by atomic mass is 16.7. The van der Waals surface area contributed by atoms with Gasteiger partial charge in [-0.05, 0) is 110 Å². The van der Waals surface area contributed by atoms with Crippen molar-refractivity contribution >= 4 is 5.97 Å². The van der Waals surface area contributed by atoms with Gasteiger partial charge in [-0.2, -0.15) is 0 Å². The summed E-state index contributed by atoms with van der Waals surface area (Å²) in [5.41, 5.74) is 6.85. The maximum atomic E-state index is 12.6. The Labute approximate surface area is 225 Å². The number of carbonyl (C=O) groups is 1. The molecule has 0 bridgehead atoms. The summed E-state index contributed by atoms with van der Waals surface area (Å²) in [4.78, 5) is 12.6. The van der Waals surface area contributed by atoms with Gasteiger partial charge in [0.25, 0.3) is 0 Å². The molecule has 4 aliphatic carbocycles. The largest absolute Gasteiger partial charge is 0.461 e. The van der Waals surface area contributed by atoms with E-state index in [4.69, 9.17) is 19.9 Å². The van der Waals surface area contributed by atoms with Crippen LogP contribution in [0.25, 0.3) is 0 Å². The van der Waals surface area contributed by atoms with E-state index in [2.05, 4.69) is 27.7 Å². The van der Waals surface area contributed by atoms with Crippen LogP contribution in [0.4, 0.5) is 0 Å². The maximum Gasteiger partial charge on any atom is 0.323 e. The van der Waals surface area contributed by atoms with Gasteiger partial charge >= 0.3 is 5.97 Å². The zero-order valence-corrected chi connectivity index (χ0v) is 24.3. The van der Waals surface area contributed by atoms with Gasteiger partial charge < -0.3 is 19.9 Å². The van der Waals surface area contributed by atoms with Gasteiger partial charge in [0, 0.05) is 12.3 Å². The number of hydrogen-bond acceptors (Lipinski definition) is 5. The summed E-state index contributed by atoms with van der Waals surface area (Å²) < 4.78 is 19.4. The van der Waals surface area contributed by atoms with E-state index in [-0.39, 0.29) is 23.8 Å². The molecule has 4 saturated carbocycles. The smallest absolute Gasteiger partial charge is 0.323 e. The lowest BCUT2D eigenvalue weighted by Crippen LogP contribution is -2.55.